The molecular formula is C28H36N2O5. The topological polar surface area (TPSA) is 105 Å². The molecule has 1 aliphatic carbocycles. The van der Waals surface area contributed by atoms with Gasteiger partial charge in [-0.2, -0.15) is 0 Å². The Hall–Kier alpha value is -3.35. The van der Waals surface area contributed by atoms with E-state index in [0.29, 0.717) is 6.42 Å². The van der Waals surface area contributed by atoms with Crippen LogP contribution in [0, 0.1) is 5.41 Å². The minimum absolute atomic E-state index is 0.0338. The molecule has 1 aliphatic rings. The number of amides is 2. The first-order valence-electron chi connectivity index (χ1n) is 12.0. The standard InChI is InChI=1S/C28H36N2O5/c1-27(2,3)23(16-24(31)30-28(4,5)15-14-25(32)33)29-26(34)35-17-22-20-12-8-6-10-18(20)19-11-7-9-13-21(19)22/h6-13,22-23H,14-17H2,1-5H3,(H,29,34)(H,30,31)(H,32,33). The van der Waals surface area contributed by atoms with E-state index < -0.39 is 29.1 Å². The molecule has 188 valence electrons. The van der Waals surface area contributed by atoms with Crippen LogP contribution in [-0.4, -0.2) is 41.3 Å². The van der Waals surface area contributed by atoms with Crippen LogP contribution < -0.4 is 10.6 Å². The molecule has 0 radical (unpaired) electrons. The highest BCUT2D eigenvalue weighted by atomic mass is 16.5. The highest BCUT2D eigenvalue weighted by Crippen LogP contribution is 2.44. The number of ether oxygens (including phenoxy) is 1. The Morgan fingerprint density at radius 3 is 2.00 bits per heavy atom. The van der Waals surface area contributed by atoms with Crippen molar-refractivity contribution < 1.29 is 24.2 Å². The van der Waals surface area contributed by atoms with Crippen LogP contribution >= 0.6 is 0 Å². The molecule has 0 spiro atoms. The van der Waals surface area contributed by atoms with Crippen LogP contribution in [0.4, 0.5) is 4.79 Å². The Labute approximate surface area is 207 Å². The van der Waals surface area contributed by atoms with Crippen LogP contribution in [0.5, 0.6) is 0 Å². The lowest BCUT2D eigenvalue weighted by atomic mass is 9.84. The smallest absolute Gasteiger partial charge is 0.407 e. The number of carbonyl (C=O) groups excluding carboxylic acids is 2. The van der Waals surface area contributed by atoms with Gasteiger partial charge in [-0.3, -0.25) is 9.59 Å². The van der Waals surface area contributed by atoms with Crippen molar-refractivity contribution in [1.29, 1.82) is 0 Å². The zero-order chi connectivity index (χ0) is 25.8. The lowest BCUT2D eigenvalue weighted by Gasteiger charge is -2.33. The van der Waals surface area contributed by atoms with E-state index in [4.69, 9.17) is 9.84 Å². The van der Waals surface area contributed by atoms with Crippen molar-refractivity contribution in [3.05, 3.63) is 59.7 Å². The van der Waals surface area contributed by atoms with Gasteiger partial charge in [-0.1, -0.05) is 69.3 Å². The van der Waals surface area contributed by atoms with Gasteiger partial charge in [0.15, 0.2) is 0 Å². The van der Waals surface area contributed by atoms with Gasteiger partial charge in [0.25, 0.3) is 0 Å². The molecule has 0 fully saturated rings. The summed E-state index contributed by atoms with van der Waals surface area (Å²) in [6.07, 6.45) is -0.226. The largest absolute Gasteiger partial charge is 0.481 e. The average molecular weight is 481 g/mol. The zero-order valence-corrected chi connectivity index (χ0v) is 21.2. The highest BCUT2D eigenvalue weighted by Gasteiger charge is 2.33. The molecule has 0 aromatic heterocycles. The lowest BCUT2D eigenvalue weighted by Crippen LogP contribution is -2.50. The van der Waals surface area contributed by atoms with E-state index in [2.05, 4.69) is 34.9 Å². The number of carbonyl (C=O) groups is 3. The van der Waals surface area contributed by atoms with Crippen molar-refractivity contribution >= 4 is 18.0 Å². The van der Waals surface area contributed by atoms with Crippen LogP contribution in [0.25, 0.3) is 11.1 Å². The van der Waals surface area contributed by atoms with Crippen molar-refractivity contribution in [2.24, 2.45) is 5.41 Å². The Balaban J connectivity index is 1.62. The van der Waals surface area contributed by atoms with Gasteiger partial charge in [0.2, 0.25) is 5.91 Å². The fraction of sp³-hybridized carbons (Fsp3) is 0.464. The molecule has 0 saturated carbocycles. The Morgan fingerprint density at radius 1 is 0.943 bits per heavy atom. The monoisotopic (exact) mass is 480 g/mol. The van der Waals surface area contributed by atoms with Gasteiger partial charge >= 0.3 is 12.1 Å². The third kappa shape index (κ3) is 6.84. The summed E-state index contributed by atoms with van der Waals surface area (Å²) >= 11 is 0. The van der Waals surface area contributed by atoms with Gasteiger partial charge in [0.1, 0.15) is 6.61 Å². The molecule has 7 nitrogen and oxygen atoms in total. The number of carboxylic acid groups (broad SMARTS) is 1. The molecule has 0 aliphatic heterocycles. The molecule has 0 heterocycles. The summed E-state index contributed by atoms with van der Waals surface area (Å²) in [4.78, 5) is 36.4. The maximum atomic E-state index is 12.8. The quantitative estimate of drug-likeness (QED) is 0.464. The number of rotatable bonds is 9. The number of aliphatic carboxylic acids is 1. The van der Waals surface area contributed by atoms with Gasteiger partial charge < -0.3 is 20.5 Å². The highest BCUT2D eigenvalue weighted by molar-refractivity contribution is 5.80. The molecular weight excluding hydrogens is 444 g/mol. The minimum Gasteiger partial charge on any atom is -0.481 e. The third-order valence-corrected chi connectivity index (χ3v) is 6.51. The fourth-order valence-electron chi connectivity index (χ4n) is 4.45. The van der Waals surface area contributed by atoms with E-state index in [1.54, 1.807) is 13.8 Å². The van der Waals surface area contributed by atoms with E-state index in [1.165, 1.54) is 0 Å². The number of alkyl carbamates (subject to hydrolysis) is 1. The van der Waals surface area contributed by atoms with Crippen molar-refractivity contribution in [2.75, 3.05) is 6.61 Å². The fourth-order valence-corrected chi connectivity index (χ4v) is 4.45. The van der Waals surface area contributed by atoms with Crippen LogP contribution in [0.3, 0.4) is 0 Å². The van der Waals surface area contributed by atoms with Gasteiger partial charge in [-0.15, -0.1) is 0 Å². The van der Waals surface area contributed by atoms with E-state index in [9.17, 15) is 14.4 Å². The van der Waals surface area contributed by atoms with Crippen molar-refractivity contribution in [1.82, 2.24) is 10.6 Å². The predicted octanol–water partition coefficient (Wildman–Crippen LogP) is 5.09. The van der Waals surface area contributed by atoms with Gasteiger partial charge in [-0.05, 0) is 47.9 Å². The lowest BCUT2D eigenvalue weighted by molar-refractivity contribution is -0.138. The predicted molar refractivity (Wildman–Crippen MR) is 135 cm³/mol. The first-order chi connectivity index (χ1) is 16.4. The van der Waals surface area contributed by atoms with Crippen LogP contribution in [-0.2, 0) is 14.3 Å². The second-order valence-corrected chi connectivity index (χ2v) is 10.9. The molecule has 2 amide bonds. The summed E-state index contributed by atoms with van der Waals surface area (Å²) < 4.78 is 5.67. The molecule has 1 unspecified atom stereocenters. The summed E-state index contributed by atoms with van der Waals surface area (Å²) in [5, 5.41) is 14.7. The van der Waals surface area contributed by atoms with Gasteiger partial charge in [0, 0.05) is 30.3 Å². The maximum Gasteiger partial charge on any atom is 0.407 e. The van der Waals surface area contributed by atoms with Crippen molar-refractivity contribution in [3.8, 4) is 11.1 Å². The Bertz CT molecular complexity index is 1040. The maximum absolute atomic E-state index is 12.8. The number of nitrogens with one attached hydrogen (secondary N) is 2. The number of hydrogen-bond acceptors (Lipinski definition) is 4. The average Bonchev–Trinajstić information content (AvgIpc) is 3.09. The summed E-state index contributed by atoms with van der Waals surface area (Å²) in [5.41, 5.74) is 3.53. The molecule has 7 heteroatoms. The van der Waals surface area contributed by atoms with Crippen LogP contribution in [0.2, 0.25) is 0 Å². The van der Waals surface area contributed by atoms with Crippen LogP contribution in [0.15, 0.2) is 48.5 Å². The van der Waals surface area contributed by atoms with E-state index in [-0.39, 0.29) is 31.3 Å². The number of fused-ring (bicyclic) bond motifs is 3. The number of hydrogen-bond donors (Lipinski definition) is 3. The molecule has 3 rings (SSSR count). The molecule has 1 atom stereocenters. The molecule has 2 aromatic rings. The first-order valence-corrected chi connectivity index (χ1v) is 12.0. The van der Waals surface area contributed by atoms with E-state index >= 15 is 0 Å². The Morgan fingerprint density at radius 2 is 1.49 bits per heavy atom. The van der Waals surface area contributed by atoms with Crippen molar-refractivity contribution in [3.63, 3.8) is 0 Å². The molecule has 35 heavy (non-hydrogen) atoms. The Kier molecular flexibility index (Phi) is 7.88. The normalized spacial score (nSPS) is 14.0. The number of carboxylic acids is 1. The summed E-state index contributed by atoms with van der Waals surface area (Å²) in [6.45, 7) is 9.63. The summed E-state index contributed by atoms with van der Waals surface area (Å²) in [6, 6.07) is 15.8. The zero-order valence-electron chi connectivity index (χ0n) is 21.2. The SMILES string of the molecule is CC(C)(CCC(=O)O)NC(=O)CC(NC(=O)OCC1c2ccccc2-c2ccccc21)C(C)(C)C. The minimum atomic E-state index is -0.906. The van der Waals surface area contributed by atoms with E-state index in [1.807, 2.05) is 45.0 Å². The van der Waals surface area contributed by atoms with Gasteiger partial charge in [0.05, 0.1) is 0 Å². The van der Waals surface area contributed by atoms with E-state index in [0.717, 1.165) is 22.3 Å². The van der Waals surface area contributed by atoms with Crippen LogP contribution in [0.1, 0.15) is 70.9 Å². The second kappa shape index (κ2) is 10.5. The summed E-state index contributed by atoms with van der Waals surface area (Å²) in [5.74, 6) is -1.20. The molecule has 3 N–H and O–H groups in total. The number of benzene rings is 2. The third-order valence-electron chi connectivity index (χ3n) is 6.51. The first kappa shape index (κ1) is 26.3. The molecule has 0 saturated heterocycles. The molecule has 2 aromatic carbocycles. The molecule has 0 bridgehead atoms. The summed E-state index contributed by atoms with van der Waals surface area (Å²) in [7, 11) is 0. The van der Waals surface area contributed by atoms with Crippen molar-refractivity contribution in [2.45, 2.75) is 71.4 Å². The second-order valence-electron chi connectivity index (χ2n) is 10.9. The van der Waals surface area contributed by atoms with Gasteiger partial charge in [-0.25, -0.2) is 4.79 Å².